The van der Waals surface area contributed by atoms with Crippen LogP contribution >= 0.6 is 11.6 Å². The Morgan fingerprint density at radius 3 is 2.53 bits per heavy atom. The number of anilines is 1. The third-order valence-electron chi connectivity index (χ3n) is 6.74. The predicted octanol–water partition coefficient (Wildman–Crippen LogP) is 4.82. The third-order valence-corrected chi connectivity index (χ3v) is 6.99. The summed E-state index contributed by atoms with van der Waals surface area (Å²) in [6, 6.07) is 14.8. The Hall–Kier alpha value is -3.19. The van der Waals surface area contributed by atoms with E-state index in [0.717, 1.165) is 48.7 Å². The van der Waals surface area contributed by atoms with Gasteiger partial charge in [0, 0.05) is 53.8 Å². The zero-order valence-corrected chi connectivity index (χ0v) is 19.8. The van der Waals surface area contributed by atoms with Crippen LogP contribution in [0.5, 0.6) is 0 Å². The molecule has 2 aliphatic heterocycles. The molecule has 3 aromatic rings. The van der Waals surface area contributed by atoms with Crippen molar-refractivity contribution >= 4 is 29.1 Å². The molecule has 1 aromatic heterocycles. The smallest absolute Gasteiger partial charge is 0.253 e. The van der Waals surface area contributed by atoms with E-state index in [9.17, 15) is 9.59 Å². The van der Waals surface area contributed by atoms with Gasteiger partial charge >= 0.3 is 0 Å². The van der Waals surface area contributed by atoms with Crippen LogP contribution in [-0.4, -0.2) is 44.6 Å². The summed E-state index contributed by atoms with van der Waals surface area (Å²) in [5, 5.41) is 12.5. The number of carbonyl (C=O) groups is 2. The molecule has 0 radical (unpaired) electrons. The van der Waals surface area contributed by atoms with Crippen LogP contribution in [0.4, 0.5) is 5.69 Å². The zero-order valence-electron chi connectivity index (χ0n) is 19.0. The van der Waals surface area contributed by atoms with Gasteiger partial charge in [-0.05, 0) is 62.1 Å². The van der Waals surface area contributed by atoms with Gasteiger partial charge in [0.2, 0.25) is 5.91 Å². The van der Waals surface area contributed by atoms with Crippen molar-refractivity contribution in [2.75, 3.05) is 18.4 Å². The molecule has 0 unspecified atom stereocenters. The Bertz CT molecular complexity index is 1180. The molecule has 0 saturated carbocycles. The predicted molar refractivity (Wildman–Crippen MR) is 132 cm³/mol. The monoisotopic (exact) mass is 477 g/mol. The number of amides is 2. The van der Waals surface area contributed by atoms with E-state index in [1.165, 1.54) is 6.42 Å². The van der Waals surface area contributed by atoms with E-state index < -0.39 is 0 Å². The summed E-state index contributed by atoms with van der Waals surface area (Å²) >= 11 is 5.92. The maximum Gasteiger partial charge on any atom is 0.253 e. The van der Waals surface area contributed by atoms with Crippen LogP contribution in [0.2, 0.25) is 5.02 Å². The number of likely N-dealkylation sites (tertiary alicyclic amines) is 1. The minimum atomic E-state index is -0.123. The highest BCUT2D eigenvalue weighted by Crippen LogP contribution is 2.26. The van der Waals surface area contributed by atoms with Crippen LogP contribution in [0.25, 0.3) is 11.4 Å². The molecule has 7 nitrogen and oxygen atoms in total. The van der Waals surface area contributed by atoms with Gasteiger partial charge in [-0.25, -0.2) is 0 Å². The fourth-order valence-electron chi connectivity index (χ4n) is 4.80. The van der Waals surface area contributed by atoms with Gasteiger partial charge in [0.1, 0.15) is 5.82 Å². The highest BCUT2D eigenvalue weighted by molar-refractivity contribution is 6.30. The summed E-state index contributed by atoms with van der Waals surface area (Å²) < 4.78 is 2.21. The fourth-order valence-corrected chi connectivity index (χ4v) is 4.92. The molecule has 2 aliphatic rings. The standard InChI is InChI=1S/C26H28ClN5O2/c27-21-10-8-19(9-11-21)26(34)31-15-12-18(13-16-31)25(33)28-22-6-4-5-20(17-22)24-30-29-23-7-2-1-3-14-32(23)24/h4-6,8-11,17-18H,1-3,7,12-16H2,(H,28,33). The van der Waals surface area contributed by atoms with Crippen molar-refractivity contribution in [3.8, 4) is 11.4 Å². The van der Waals surface area contributed by atoms with Gasteiger partial charge < -0.3 is 14.8 Å². The van der Waals surface area contributed by atoms with Crippen molar-refractivity contribution in [1.82, 2.24) is 19.7 Å². The first-order valence-corrected chi connectivity index (χ1v) is 12.3. The van der Waals surface area contributed by atoms with E-state index in [2.05, 4.69) is 20.1 Å². The van der Waals surface area contributed by atoms with Crippen LogP contribution < -0.4 is 5.32 Å². The molecule has 0 atom stereocenters. The quantitative estimate of drug-likeness (QED) is 0.584. The largest absolute Gasteiger partial charge is 0.339 e. The average Bonchev–Trinajstić information content (AvgIpc) is 3.12. The molecule has 176 valence electrons. The highest BCUT2D eigenvalue weighted by atomic mass is 35.5. The number of aryl methyl sites for hydroxylation is 1. The van der Waals surface area contributed by atoms with E-state index >= 15 is 0 Å². The molecule has 3 heterocycles. The summed E-state index contributed by atoms with van der Waals surface area (Å²) in [5.41, 5.74) is 2.34. The molecule has 2 aromatic carbocycles. The van der Waals surface area contributed by atoms with Crippen molar-refractivity contribution in [3.63, 3.8) is 0 Å². The van der Waals surface area contributed by atoms with Crippen molar-refractivity contribution < 1.29 is 9.59 Å². The number of nitrogens with one attached hydrogen (secondary N) is 1. The Labute approximate surface area is 204 Å². The van der Waals surface area contributed by atoms with Crippen LogP contribution in [0.1, 0.15) is 48.3 Å². The second-order valence-electron chi connectivity index (χ2n) is 9.05. The first-order chi connectivity index (χ1) is 16.6. The maximum atomic E-state index is 13.0. The minimum Gasteiger partial charge on any atom is -0.339 e. The Morgan fingerprint density at radius 1 is 0.941 bits per heavy atom. The molecule has 34 heavy (non-hydrogen) atoms. The van der Waals surface area contributed by atoms with Gasteiger partial charge in [0.15, 0.2) is 5.82 Å². The number of aromatic nitrogens is 3. The maximum absolute atomic E-state index is 13.0. The van der Waals surface area contributed by atoms with E-state index in [1.807, 2.05) is 29.2 Å². The highest BCUT2D eigenvalue weighted by Gasteiger charge is 2.28. The summed E-state index contributed by atoms with van der Waals surface area (Å²) in [5.74, 6) is 1.76. The summed E-state index contributed by atoms with van der Waals surface area (Å²) in [6.07, 6.45) is 5.74. The molecule has 0 aliphatic carbocycles. The second kappa shape index (κ2) is 9.97. The van der Waals surface area contributed by atoms with E-state index in [4.69, 9.17) is 11.6 Å². The van der Waals surface area contributed by atoms with Gasteiger partial charge in [0.25, 0.3) is 5.91 Å². The minimum absolute atomic E-state index is 0.00388. The number of rotatable bonds is 4. The summed E-state index contributed by atoms with van der Waals surface area (Å²) in [6.45, 7) is 2.05. The van der Waals surface area contributed by atoms with Crippen LogP contribution in [0.3, 0.4) is 0 Å². The number of fused-ring (bicyclic) bond motifs is 1. The SMILES string of the molecule is O=C(Nc1cccc(-c2nnc3n2CCCCC3)c1)C1CCN(C(=O)c2ccc(Cl)cc2)CC1. The van der Waals surface area contributed by atoms with E-state index in [-0.39, 0.29) is 17.7 Å². The van der Waals surface area contributed by atoms with Gasteiger partial charge in [-0.3, -0.25) is 9.59 Å². The molecule has 8 heteroatoms. The molecule has 1 saturated heterocycles. The summed E-state index contributed by atoms with van der Waals surface area (Å²) in [4.78, 5) is 27.5. The molecule has 0 bridgehead atoms. The number of piperidine rings is 1. The number of hydrogen-bond acceptors (Lipinski definition) is 4. The molecule has 1 N–H and O–H groups in total. The van der Waals surface area contributed by atoms with Crippen molar-refractivity contribution in [3.05, 3.63) is 64.9 Å². The number of carbonyl (C=O) groups excluding carboxylic acids is 2. The van der Waals surface area contributed by atoms with Gasteiger partial charge in [-0.2, -0.15) is 0 Å². The number of halogens is 1. The normalized spacial score (nSPS) is 16.6. The van der Waals surface area contributed by atoms with Crippen LogP contribution in [-0.2, 0) is 17.8 Å². The number of benzene rings is 2. The van der Waals surface area contributed by atoms with Crippen molar-refractivity contribution in [2.45, 2.75) is 45.1 Å². The zero-order chi connectivity index (χ0) is 23.5. The molecular formula is C26H28ClN5O2. The first kappa shape index (κ1) is 22.6. The molecule has 0 spiro atoms. The lowest BCUT2D eigenvalue weighted by molar-refractivity contribution is -0.121. The molecule has 2 amide bonds. The summed E-state index contributed by atoms with van der Waals surface area (Å²) in [7, 11) is 0. The molecule has 5 rings (SSSR count). The lowest BCUT2D eigenvalue weighted by Gasteiger charge is -2.31. The van der Waals surface area contributed by atoms with Crippen molar-refractivity contribution in [1.29, 1.82) is 0 Å². The number of hydrogen-bond donors (Lipinski definition) is 1. The van der Waals surface area contributed by atoms with Crippen molar-refractivity contribution in [2.24, 2.45) is 5.92 Å². The lowest BCUT2D eigenvalue weighted by atomic mass is 9.95. The van der Waals surface area contributed by atoms with Gasteiger partial charge in [0.05, 0.1) is 0 Å². The molecular weight excluding hydrogens is 450 g/mol. The topological polar surface area (TPSA) is 80.1 Å². The Morgan fingerprint density at radius 2 is 1.74 bits per heavy atom. The van der Waals surface area contributed by atoms with Crippen LogP contribution in [0.15, 0.2) is 48.5 Å². The Kier molecular flexibility index (Phi) is 6.63. The second-order valence-corrected chi connectivity index (χ2v) is 9.48. The van der Waals surface area contributed by atoms with Gasteiger partial charge in [-0.1, -0.05) is 30.2 Å². The third kappa shape index (κ3) is 4.85. The van der Waals surface area contributed by atoms with E-state index in [1.54, 1.807) is 24.3 Å². The molecule has 1 fully saturated rings. The van der Waals surface area contributed by atoms with Crippen LogP contribution in [0, 0.1) is 5.92 Å². The van der Waals surface area contributed by atoms with E-state index in [0.29, 0.717) is 36.5 Å². The van der Waals surface area contributed by atoms with Gasteiger partial charge in [-0.15, -0.1) is 10.2 Å². The fraction of sp³-hybridized carbons (Fsp3) is 0.385. The lowest BCUT2D eigenvalue weighted by Crippen LogP contribution is -2.41. The number of nitrogens with zero attached hydrogens (tertiary/aromatic N) is 4. The Balaban J connectivity index is 1.21. The average molecular weight is 478 g/mol. The first-order valence-electron chi connectivity index (χ1n) is 12.0.